The Bertz CT molecular complexity index is 1480. The number of hydrogen-bond acceptors (Lipinski definition) is 5. The average molecular weight is 498 g/mol. The topological polar surface area (TPSA) is 118 Å². The fourth-order valence-corrected chi connectivity index (χ4v) is 4.88. The summed E-state index contributed by atoms with van der Waals surface area (Å²) in [5.74, 6) is -1.31. The first-order valence-electron chi connectivity index (χ1n) is 10.2. The number of aryl methyl sites for hydroxylation is 1. The first-order valence-corrected chi connectivity index (χ1v) is 12.0. The van der Waals surface area contributed by atoms with Gasteiger partial charge in [-0.3, -0.25) is 20.4 Å². The molecule has 0 fully saturated rings. The molecule has 3 N–H and O–H groups in total. The van der Waals surface area contributed by atoms with E-state index in [1.54, 1.807) is 43.3 Å². The molecule has 4 rings (SSSR count). The number of halogens is 1. The van der Waals surface area contributed by atoms with Crippen molar-refractivity contribution >= 4 is 44.4 Å². The van der Waals surface area contributed by atoms with Gasteiger partial charge in [-0.1, -0.05) is 60.1 Å². The summed E-state index contributed by atoms with van der Waals surface area (Å²) in [4.78, 5) is 24.9. The van der Waals surface area contributed by atoms with E-state index < -0.39 is 21.8 Å². The highest BCUT2D eigenvalue weighted by molar-refractivity contribution is 7.89. The highest BCUT2D eigenvalue weighted by Crippen LogP contribution is 2.25. The van der Waals surface area contributed by atoms with Crippen LogP contribution in [0.3, 0.4) is 0 Å². The van der Waals surface area contributed by atoms with Gasteiger partial charge in [-0.2, -0.15) is 0 Å². The molecule has 4 aromatic rings. The van der Waals surface area contributed by atoms with Crippen molar-refractivity contribution in [3.8, 4) is 0 Å². The minimum atomic E-state index is -4.00. The van der Waals surface area contributed by atoms with E-state index in [2.05, 4.69) is 15.6 Å². The molecule has 0 aliphatic rings. The van der Waals surface area contributed by atoms with Crippen molar-refractivity contribution in [3.63, 3.8) is 0 Å². The SMILES string of the molecule is Cc1c(C(=O)NNC(=O)c2ccc(Cl)c(S(=O)(=O)NCc3ccccc3)c2)oc2ccccc12. The number of amides is 2. The molecule has 0 spiro atoms. The predicted octanol–water partition coefficient (Wildman–Crippen LogP) is 3.95. The molecule has 10 heteroatoms. The summed E-state index contributed by atoms with van der Waals surface area (Å²) in [7, 11) is -4.00. The van der Waals surface area contributed by atoms with Crippen LogP contribution in [0.25, 0.3) is 11.0 Å². The number of nitrogens with one attached hydrogen (secondary N) is 3. The van der Waals surface area contributed by atoms with Crippen LogP contribution in [0.5, 0.6) is 0 Å². The van der Waals surface area contributed by atoms with Crippen molar-refractivity contribution in [1.29, 1.82) is 0 Å². The minimum Gasteiger partial charge on any atom is -0.451 e. The van der Waals surface area contributed by atoms with Crippen molar-refractivity contribution in [2.24, 2.45) is 0 Å². The van der Waals surface area contributed by atoms with Crippen LogP contribution in [-0.4, -0.2) is 20.2 Å². The number of benzene rings is 3. The van der Waals surface area contributed by atoms with Gasteiger partial charge in [0, 0.05) is 23.1 Å². The lowest BCUT2D eigenvalue weighted by Crippen LogP contribution is -2.41. The van der Waals surface area contributed by atoms with E-state index in [0.29, 0.717) is 11.1 Å². The molecule has 0 radical (unpaired) electrons. The smallest absolute Gasteiger partial charge is 0.305 e. The van der Waals surface area contributed by atoms with Gasteiger partial charge in [-0.15, -0.1) is 0 Å². The summed E-state index contributed by atoms with van der Waals surface area (Å²) in [6.07, 6.45) is 0. The van der Waals surface area contributed by atoms with E-state index in [0.717, 1.165) is 17.0 Å². The number of hydrazine groups is 1. The van der Waals surface area contributed by atoms with Gasteiger partial charge < -0.3 is 4.42 Å². The number of furan rings is 1. The van der Waals surface area contributed by atoms with Crippen molar-refractivity contribution < 1.29 is 22.4 Å². The molecule has 1 aromatic heterocycles. The predicted molar refractivity (Wildman–Crippen MR) is 128 cm³/mol. The molecule has 1 heterocycles. The Kier molecular flexibility index (Phi) is 6.69. The third kappa shape index (κ3) is 4.96. The second-order valence-corrected chi connectivity index (χ2v) is 9.56. The van der Waals surface area contributed by atoms with Crippen molar-refractivity contribution in [3.05, 3.63) is 100 Å². The first-order chi connectivity index (χ1) is 16.3. The van der Waals surface area contributed by atoms with E-state index >= 15 is 0 Å². The molecule has 0 aliphatic carbocycles. The monoisotopic (exact) mass is 497 g/mol. The lowest BCUT2D eigenvalue weighted by Gasteiger charge is -2.11. The molecule has 0 atom stereocenters. The molecular weight excluding hydrogens is 478 g/mol. The maximum absolute atomic E-state index is 12.8. The lowest BCUT2D eigenvalue weighted by atomic mass is 10.1. The van der Waals surface area contributed by atoms with Crippen LogP contribution in [0.15, 0.2) is 82.1 Å². The summed E-state index contributed by atoms with van der Waals surface area (Å²) >= 11 is 6.10. The number of carbonyl (C=O) groups is 2. The van der Waals surface area contributed by atoms with E-state index in [-0.39, 0.29) is 27.8 Å². The highest BCUT2D eigenvalue weighted by Gasteiger charge is 2.21. The van der Waals surface area contributed by atoms with E-state index in [9.17, 15) is 18.0 Å². The van der Waals surface area contributed by atoms with Gasteiger partial charge in [0.1, 0.15) is 10.5 Å². The minimum absolute atomic E-state index is 0.00823. The Balaban J connectivity index is 1.46. The quantitative estimate of drug-likeness (QED) is 0.349. The highest BCUT2D eigenvalue weighted by atomic mass is 35.5. The maximum atomic E-state index is 12.8. The second kappa shape index (κ2) is 9.68. The largest absolute Gasteiger partial charge is 0.451 e. The van der Waals surface area contributed by atoms with E-state index in [1.807, 2.05) is 18.2 Å². The van der Waals surface area contributed by atoms with Gasteiger partial charge in [0.05, 0.1) is 5.02 Å². The zero-order valence-electron chi connectivity index (χ0n) is 18.0. The average Bonchev–Trinajstić information content (AvgIpc) is 3.18. The second-order valence-electron chi connectivity index (χ2n) is 7.42. The van der Waals surface area contributed by atoms with Gasteiger partial charge >= 0.3 is 5.91 Å². The van der Waals surface area contributed by atoms with Gasteiger partial charge in [0.15, 0.2) is 5.76 Å². The van der Waals surface area contributed by atoms with Crippen LogP contribution in [0.4, 0.5) is 0 Å². The Hall–Kier alpha value is -3.66. The number of sulfonamides is 1. The Labute approximate surface area is 200 Å². The van der Waals surface area contributed by atoms with Crippen LogP contribution in [0, 0.1) is 6.92 Å². The molecule has 0 saturated heterocycles. The molecular formula is C24H20ClN3O5S. The molecule has 0 bridgehead atoms. The van der Waals surface area contributed by atoms with Crippen LogP contribution < -0.4 is 15.6 Å². The summed E-state index contributed by atoms with van der Waals surface area (Å²) < 4.78 is 33.6. The van der Waals surface area contributed by atoms with Crippen LogP contribution in [-0.2, 0) is 16.6 Å². The third-order valence-electron chi connectivity index (χ3n) is 5.13. The zero-order valence-corrected chi connectivity index (χ0v) is 19.5. The number of fused-ring (bicyclic) bond motifs is 1. The molecule has 34 heavy (non-hydrogen) atoms. The lowest BCUT2D eigenvalue weighted by molar-refractivity contribution is 0.0831. The van der Waals surface area contributed by atoms with E-state index in [1.165, 1.54) is 12.1 Å². The Morgan fingerprint density at radius 3 is 2.32 bits per heavy atom. The fraction of sp³-hybridized carbons (Fsp3) is 0.0833. The summed E-state index contributed by atoms with van der Waals surface area (Å²) in [6.45, 7) is 1.80. The number of hydrogen-bond donors (Lipinski definition) is 3. The van der Waals surface area contributed by atoms with Crippen LogP contribution in [0.2, 0.25) is 5.02 Å². The summed E-state index contributed by atoms with van der Waals surface area (Å²) in [6, 6.07) is 19.9. The van der Waals surface area contributed by atoms with Gasteiger partial charge in [0.2, 0.25) is 10.0 Å². The molecule has 2 amide bonds. The van der Waals surface area contributed by atoms with Gasteiger partial charge in [-0.05, 0) is 36.8 Å². The van der Waals surface area contributed by atoms with Crippen molar-refractivity contribution in [1.82, 2.24) is 15.6 Å². The standard InChI is InChI=1S/C24H20ClN3O5S/c1-15-18-9-5-6-10-20(18)33-22(15)24(30)28-27-23(29)17-11-12-19(25)21(13-17)34(31,32)26-14-16-7-3-2-4-8-16/h2-13,26H,14H2,1H3,(H,27,29)(H,28,30). The normalized spacial score (nSPS) is 11.4. The Morgan fingerprint density at radius 1 is 0.912 bits per heavy atom. The first kappa shape index (κ1) is 23.5. The summed E-state index contributed by atoms with van der Waals surface area (Å²) in [5, 5.41) is 0.744. The van der Waals surface area contributed by atoms with Gasteiger partial charge in [-0.25, -0.2) is 13.1 Å². The van der Waals surface area contributed by atoms with Crippen LogP contribution in [0.1, 0.15) is 32.0 Å². The number of carbonyl (C=O) groups excluding carboxylic acids is 2. The molecule has 174 valence electrons. The maximum Gasteiger partial charge on any atom is 0.305 e. The summed E-state index contributed by atoms with van der Waals surface area (Å²) in [5.41, 5.74) is 6.49. The molecule has 0 saturated carbocycles. The molecule has 0 unspecified atom stereocenters. The fourth-order valence-electron chi connectivity index (χ4n) is 3.34. The number of para-hydroxylation sites is 1. The Morgan fingerprint density at radius 2 is 1.59 bits per heavy atom. The van der Waals surface area contributed by atoms with E-state index in [4.69, 9.17) is 16.0 Å². The third-order valence-corrected chi connectivity index (χ3v) is 7.01. The van der Waals surface area contributed by atoms with Gasteiger partial charge in [0.25, 0.3) is 5.91 Å². The zero-order chi connectivity index (χ0) is 24.3. The molecule has 0 aliphatic heterocycles. The molecule has 8 nitrogen and oxygen atoms in total. The van der Waals surface area contributed by atoms with Crippen molar-refractivity contribution in [2.45, 2.75) is 18.4 Å². The number of rotatable bonds is 6. The molecule has 3 aromatic carbocycles. The van der Waals surface area contributed by atoms with Crippen molar-refractivity contribution in [2.75, 3.05) is 0 Å². The van der Waals surface area contributed by atoms with Crippen LogP contribution >= 0.6 is 11.6 Å².